The Kier molecular flexibility index (Phi) is 5.85. The van der Waals surface area contributed by atoms with Gasteiger partial charge in [0.15, 0.2) is 0 Å². The zero-order valence-corrected chi connectivity index (χ0v) is 19.1. The molecule has 0 spiro atoms. The molecule has 0 atom stereocenters. The minimum Gasteiger partial charge on any atom is -0.411 e. The lowest BCUT2D eigenvalue weighted by Gasteiger charge is -2.27. The van der Waals surface area contributed by atoms with Crippen molar-refractivity contribution in [2.45, 2.75) is 18.1 Å². The van der Waals surface area contributed by atoms with E-state index in [1.165, 1.54) is 16.7 Å². The molecule has 0 aliphatic carbocycles. The van der Waals surface area contributed by atoms with Crippen LogP contribution in [-0.4, -0.2) is 45.6 Å². The van der Waals surface area contributed by atoms with Gasteiger partial charge in [-0.1, -0.05) is 48.2 Å². The van der Waals surface area contributed by atoms with Gasteiger partial charge in [0.1, 0.15) is 0 Å². The van der Waals surface area contributed by atoms with E-state index in [9.17, 15) is 14.4 Å². The van der Waals surface area contributed by atoms with Gasteiger partial charge in [0.2, 0.25) is 5.91 Å². The summed E-state index contributed by atoms with van der Waals surface area (Å²) in [5.41, 5.74) is 2.19. The van der Waals surface area contributed by atoms with Crippen LogP contribution in [0.2, 0.25) is 0 Å². The van der Waals surface area contributed by atoms with Gasteiger partial charge in [0.25, 0.3) is 22.9 Å². The minimum atomic E-state index is -0.332. The van der Waals surface area contributed by atoms with E-state index in [-0.39, 0.29) is 30.7 Å². The number of amides is 3. The summed E-state index contributed by atoms with van der Waals surface area (Å²) in [5.74, 6) is -0.587. The summed E-state index contributed by atoms with van der Waals surface area (Å²) in [5, 5.41) is 12.8. The van der Waals surface area contributed by atoms with Crippen LogP contribution in [0.4, 0.5) is 5.69 Å². The van der Waals surface area contributed by atoms with E-state index >= 15 is 0 Å². The molecule has 1 N–H and O–H groups in total. The molecule has 0 bridgehead atoms. The van der Waals surface area contributed by atoms with Crippen molar-refractivity contribution in [3.8, 4) is 11.5 Å². The number of benzene rings is 3. The molecular formula is C25H20N4O4S. The fraction of sp³-hybridized carbons (Fsp3) is 0.160. The van der Waals surface area contributed by atoms with Crippen molar-refractivity contribution in [2.75, 3.05) is 18.1 Å². The monoisotopic (exact) mass is 472 g/mol. The summed E-state index contributed by atoms with van der Waals surface area (Å²) in [4.78, 5) is 39.8. The summed E-state index contributed by atoms with van der Waals surface area (Å²) < 4.78 is 5.59. The molecule has 0 fully saturated rings. The fourth-order valence-electron chi connectivity index (χ4n) is 4.07. The Bertz CT molecular complexity index is 1380. The predicted octanol–water partition coefficient (Wildman–Crippen LogP) is 4.63. The third-order valence-electron chi connectivity index (χ3n) is 5.65. The highest BCUT2D eigenvalue weighted by Gasteiger charge is 2.32. The van der Waals surface area contributed by atoms with E-state index in [4.69, 9.17) is 4.42 Å². The van der Waals surface area contributed by atoms with Gasteiger partial charge in [0.05, 0.1) is 11.3 Å². The molecule has 1 aromatic heterocycles. The smallest absolute Gasteiger partial charge is 0.276 e. The number of para-hydroxylation sites is 1. The van der Waals surface area contributed by atoms with Crippen molar-refractivity contribution < 1.29 is 18.8 Å². The first-order chi connectivity index (χ1) is 16.6. The van der Waals surface area contributed by atoms with Gasteiger partial charge in [-0.25, -0.2) is 0 Å². The molecule has 1 aliphatic heterocycles. The Morgan fingerprint density at radius 2 is 1.62 bits per heavy atom. The molecule has 2 heterocycles. The highest BCUT2D eigenvalue weighted by molar-refractivity contribution is 7.98. The Balaban J connectivity index is 1.25. The summed E-state index contributed by atoms with van der Waals surface area (Å²) in [6.07, 6.45) is 2.31. The number of hydrogen-bond donors (Lipinski definition) is 1. The minimum absolute atomic E-state index is 0.136. The molecule has 4 aromatic rings. The molecule has 3 amide bonds. The molecule has 8 nitrogen and oxygen atoms in total. The Morgan fingerprint density at radius 3 is 2.29 bits per heavy atom. The average molecular weight is 473 g/mol. The van der Waals surface area contributed by atoms with Gasteiger partial charge in [-0.3, -0.25) is 19.3 Å². The summed E-state index contributed by atoms with van der Waals surface area (Å²) in [7, 11) is 0. The molecule has 5 rings (SSSR count). The van der Waals surface area contributed by atoms with Gasteiger partial charge in [-0.05, 0) is 42.3 Å². The van der Waals surface area contributed by atoms with Crippen molar-refractivity contribution in [3.63, 3.8) is 0 Å². The largest absolute Gasteiger partial charge is 0.411 e. The highest BCUT2D eigenvalue weighted by Crippen LogP contribution is 2.31. The van der Waals surface area contributed by atoms with Crippen LogP contribution >= 0.6 is 11.8 Å². The molecule has 0 saturated carbocycles. The number of nitrogens with one attached hydrogen (secondary N) is 1. The van der Waals surface area contributed by atoms with E-state index in [1.54, 1.807) is 30.3 Å². The van der Waals surface area contributed by atoms with E-state index in [1.807, 2.05) is 36.6 Å². The van der Waals surface area contributed by atoms with Crippen LogP contribution in [0, 0.1) is 0 Å². The first-order valence-electron chi connectivity index (χ1n) is 10.7. The van der Waals surface area contributed by atoms with E-state index in [0.29, 0.717) is 45.3 Å². The third kappa shape index (κ3) is 3.94. The number of nitrogens with zero attached hydrogens (tertiary/aromatic N) is 3. The number of carbonyl (C=O) groups is 3. The van der Waals surface area contributed by atoms with Crippen molar-refractivity contribution in [2.24, 2.45) is 0 Å². The second-order valence-electron chi connectivity index (χ2n) is 7.75. The van der Waals surface area contributed by atoms with Crippen molar-refractivity contribution in [3.05, 3.63) is 71.8 Å². The van der Waals surface area contributed by atoms with Gasteiger partial charge < -0.3 is 9.73 Å². The number of thioether (sulfide) groups is 1. The van der Waals surface area contributed by atoms with Crippen LogP contribution in [0.3, 0.4) is 0 Å². The molecule has 0 unspecified atom stereocenters. The highest BCUT2D eigenvalue weighted by atomic mass is 32.2. The van der Waals surface area contributed by atoms with E-state index in [0.717, 1.165) is 5.39 Å². The summed E-state index contributed by atoms with van der Waals surface area (Å²) >= 11 is 1.34. The van der Waals surface area contributed by atoms with Gasteiger partial charge in [-0.2, -0.15) is 0 Å². The van der Waals surface area contributed by atoms with Crippen LogP contribution in [0.5, 0.6) is 0 Å². The molecule has 9 heteroatoms. The Labute approximate surface area is 199 Å². The lowest BCUT2D eigenvalue weighted by Crippen LogP contribution is -2.41. The van der Waals surface area contributed by atoms with Crippen LogP contribution in [-0.2, 0) is 4.79 Å². The Morgan fingerprint density at radius 1 is 0.941 bits per heavy atom. The number of rotatable bonds is 7. The van der Waals surface area contributed by atoms with E-state index in [2.05, 4.69) is 15.5 Å². The standard InChI is InChI=1S/C25H20N4O4S/c1-34-25-28-27-22(33-25)16-9-2-3-12-19(16)26-20(30)13-6-14-29-23(31)17-10-4-7-15-8-5-11-18(21(15)17)24(29)32/h2-5,7-12H,6,13-14H2,1H3,(H,26,30). The normalized spacial score (nSPS) is 12.9. The molecule has 170 valence electrons. The lowest BCUT2D eigenvalue weighted by atomic mass is 9.94. The quantitative estimate of drug-likeness (QED) is 0.309. The first kappa shape index (κ1) is 21.8. The zero-order valence-electron chi connectivity index (χ0n) is 18.3. The number of carbonyl (C=O) groups excluding carboxylic acids is 3. The molecule has 0 saturated heterocycles. The molecule has 34 heavy (non-hydrogen) atoms. The van der Waals surface area contributed by atoms with Gasteiger partial charge in [-0.15, -0.1) is 10.2 Å². The number of anilines is 1. The van der Waals surface area contributed by atoms with Crippen LogP contribution < -0.4 is 5.32 Å². The maximum Gasteiger partial charge on any atom is 0.276 e. The second-order valence-corrected chi connectivity index (χ2v) is 8.50. The maximum atomic E-state index is 13.0. The van der Waals surface area contributed by atoms with Gasteiger partial charge >= 0.3 is 0 Å². The Hall–Kier alpha value is -3.98. The number of hydrogen-bond acceptors (Lipinski definition) is 7. The molecule has 3 aromatic carbocycles. The van der Waals surface area contributed by atoms with Crippen molar-refractivity contribution >= 4 is 45.9 Å². The van der Waals surface area contributed by atoms with Crippen molar-refractivity contribution in [1.29, 1.82) is 0 Å². The van der Waals surface area contributed by atoms with E-state index < -0.39 is 0 Å². The maximum absolute atomic E-state index is 13.0. The predicted molar refractivity (Wildman–Crippen MR) is 129 cm³/mol. The topological polar surface area (TPSA) is 105 Å². The number of aromatic nitrogens is 2. The van der Waals surface area contributed by atoms with Crippen molar-refractivity contribution in [1.82, 2.24) is 15.1 Å². The average Bonchev–Trinajstić information content (AvgIpc) is 3.34. The lowest BCUT2D eigenvalue weighted by molar-refractivity contribution is -0.116. The van der Waals surface area contributed by atoms with Gasteiger partial charge in [0, 0.05) is 29.5 Å². The number of imide groups is 1. The molecule has 1 aliphatic rings. The second kappa shape index (κ2) is 9.11. The SMILES string of the molecule is CSc1nnc(-c2ccccc2NC(=O)CCCN2C(=O)c3cccc4cccc(c34)C2=O)o1. The van der Waals surface area contributed by atoms with Crippen LogP contribution in [0.25, 0.3) is 22.2 Å². The first-order valence-corrected chi connectivity index (χ1v) is 11.9. The zero-order chi connectivity index (χ0) is 23.7. The molecule has 0 radical (unpaired) electrons. The third-order valence-corrected chi connectivity index (χ3v) is 6.17. The summed E-state index contributed by atoms with van der Waals surface area (Å²) in [6, 6.07) is 18.0. The summed E-state index contributed by atoms with van der Waals surface area (Å²) in [6.45, 7) is 0.151. The fourth-order valence-corrected chi connectivity index (χ4v) is 4.36. The molecular weight excluding hydrogens is 452 g/mol. The van der Waals surface area contributed by atoms with Crippen LogP contribution in [0.1, 0.15) is 33.6 Å². The van der Waals surface area contributed by atoms with Crippen LogP contribution in [0.15, 0.2) is 70.3 Å².